The Morgan fingerprint density at radius 2 is 1.79 bits per heavy atom. The topological polar surface area (TPSA) is 48.0 Å². The third kappa shape index (κ3) is 3.18. The van der Waals surface area contributed by atoms with Crippen LogP contribution in [0.5, 0.6) is 0 Å². The normalized spacial score (nSPS) is 11.2. The molecule has 0 fully saturated rings. The van der Waals surface area contributed by atoms with Gasteiger partial charge < -0.3 is 9.09 Å². The van der Waals surface area contributed by atoms with Gasteiger partial charge in [0, 0.05) is 23.4 Å². The highest BCUT2D eigenvalue weighted by Gasteiger charge is 2.12. The SMILES string of the molecule is Cc1noc(C)c1-c1ccc(=O)n(Cc2ccc(C(C)C)cc2)c1. The minimum absolute atomic E-state index is 0.0153. The Kier molecular flexibility index (Phi) is 4.38. The average molecular weight is 322 g/mol. The monoisotopic (exact) mass is 322 g/mol. The molecule has 4 nitrogen and oxygen atoms in total. The molecule has 0 aliphatic heterocycles. The summed E-state index contributed by atoms with van der Waals surface area (Å²) >= 11 is 0. The van der Waals surface area contributed by atoms with Crippen LogP contribution < -0.4 is 5.56 Å². The molecule has 3 aromatic rings. The maximum Gasteiger partial charge on any atom is 0.250 e. The second-order valence-electron chi connectivity index (χ2n) is 6.48. The van der Waals surface area contributed by atoms with E-state index in [1.54, 1.807) is 10.6 Å². The largest absolute Gasteiger partial charge is 0.361 e. The zero-order valence-electron chi connectivity index (χ0n) is 14.5. The number of rotatable bonds is 4. The standard InChI is InChI=1S/C20H22N2O2/c1-13(2)17-7-5-16(6-8-17)11-22-12-18(9-10-19(22)23)20-14(3)21-24-15(20)4/h5-10,12-13H,11H2,1-4H3. The maximum atomic E-state index is 12.2. The van der Waals surface area contributed by atoms with E-state index in [1.807, 2.05) is 26.1 Å². The van der Waals surface area contributed by atoms with E-state index in [1.165, 1.54) is 5.56 Å². The van der Waals surface area contributed by atoms with Crippen molar-refractivity contribution in [3.8, 4) is 11.1 Å². The van der Waals surface area contributed by atoms with Gasteiger partial charge >= 0.3 is 0 Å². The Morgan fingerprint density at radius 1 is 1.08 bits per heavy atom. The van der Waals surface area contributed by atoms with E-state index in [0.29, 0.717) is 12.5 Å². The molecule has 0 unspecified atom stereocenters. The first-order chi connectivity index (χ1) is 11.5. The van der Waals surface area contributed by atoms with E-state index in [-0.39, 0.29) is 5.56 Å². The lowest BCUT2D eigenvalue weighted by atomic mass is 10.0. The summed E-state index contributed by atoms with van der Waals surface area (Å²) in [6, 6.07) is 11.9. The van der Waals surface area contributed by atoms with E-state index < -0.39 is 0 Å². The number of hydrogen-bond donors (Lipinski definition) is 0. The molecule has 0 radical (unpaired) electrons. The molecule has 0 atom stereocenters. The van der Waals surface area contributed by atoms with Gasteiger partial charge in [0.05, 0.1) is 12.2 Å². The lowest BCUT2D eigenvalue weighted by Gasteiger charge is -2.10. The van der Waals surface area contributed by atoms with Crippen LogP contribution in [-0.2, 0) is 6.54 Å². The van der Waals surface area contributed by atoms with Gasteiger partial charge in [0.25, 0.3) is 5.56 Å². The number of aromatic nitrogens is 2. The van der Waals surface area contributed by atoms with Crippen molar-refractivity contribution in [3.63, 3.8) is 0 Å². The molecule has 24 heavy (non-hydrogen) atoms. The Morgan fingerprint density at radius 3 is 2.38 bits per heavy atom. The van der Waals surface area contributed by atoms with E-state index in [2.05, 4.69) is 43.3 Å². The van der Waals surface area contributed by atoms with Crippen LogP contribution in [0.15, 0.2) is 51.9 Å². The Hall–Kier alpha value is -2.62. The lowest BCUT2D eigenvalue weighted by Crippen LogP contribution is -2.19. The zero-order valence-corrected chi connectivity index (χ0v) is 14.5. The van der Waals surface area contributed by atoms with Gasteiger partial charge in [-0.3, -0.25) is 4.79 Å². The molecule has 1 aromatic carbocycles. The van der Waals surface area contributed by atoms with Crippen molar-refractivity contribution in [3.05, 3.63) is 75.5 Å². The van der Waals surface area contributed by atoms with Crippen molar-refractivity contribution in [2.24, 2.45) is 0 Å². The fraction of sp³-hybridized carbons (Fsp3) is 0.300. The van der Waals surface area contributed by atoms with Gasteiger partial charge in [0.15, 0.2) is 0 Å². The van der Waals surface area contributed by atoms with Crippen molar-refractivity contribution in [1.29, 1.82) is 0 Å². The third-order valence-corrected chi connectivity index (χ3v) is 4.30. The summed E-state index contributed by atoms with van der Waals surface area (Å²) in [6.45, 7) is 8.69. The highest BCUT2D eigenvalue weighted by molar-refractivity contribution is 5.66. The van der Waals surface area contributed by atoms with Crippen LogP contribution in [0.2, 0.25) is 0 Å². The summed E-state index contributed by atoms with van der Waals surface area (Å²) < 4.78 is 6.96. The first kappa shape index (κ1) is 16.2. The first-order valence-corrected chi connectivity index (χ1v) is 8.18. The van der Waals surface area contributed by atoms with Crippen LogP contribution in [0.1, 0.15) is 42.3 Å². The fourth-order valence-electron chi connectivity index (χ4n) is 2.90. The summed E-state index contributed by atoms with van der Waals surface area (Å²) in [6.07, 6.45) is 1.88. The van der Waals surface area contributed by atoms with Crippen molar-refractivity contribution < 1.29 is 4.52 Å². The number of benzene rings is 1. The number of nitrogens with zero attached hydrogens (tertiary/aromatic N) is 2. The van der Waals surface area contributed by atoms with Gasteiger partial charge in [0.1, 0.15) is 5.76 Å². The van der Waals surface area contributed by atoms with Crippen LogP contribution in [0.4, 0.5) is 0 Å². The summed E-state index contributed by atoms with van der Waals surface area (Å²) in [5.74, 6) is 1.27. The molecule has 0 N–H and O–H groups in total. The third-order valence-electron chi connectivity index (χ3n) is 4.30. The molecule has 0 bridgehead atoms. The number of aryl methyl sites for hydroxylation is 2. The van der Waals surface area contributed by atoms with Gasteiger partial charge in [-0.2, -0.15) is 0 Å². The second kappa shape index (κ2) is 6.48. The highest BCUT2D eigenvalue weighted by Crippen LogP contribution is 2.25. The van der Waals surface area contributed by atoms with Crippen molar-refractivity contribution in [2.75, 3.05) is 0 Å². The predicted octanol–water partition coefficient (Wildman–Crippen LogP) is 4.29. The molecule has 3 rings (SSSR count). The van der Waals surface area contributed by atoms with E-state index >= 15 is 0 Å². The van der Waals surface area contributed by atoms with Crippen LogP contribution in [0.25, 0.3) is 11.1 Å². The Labute approximate surface area is 141 Å². The number of pyridine rings is 1. The van der Waals surface area contributed by atoms with Gasteiger partial charge in [0.2, 0.25) is 0 Å². The molecule has 0 aliphatic rings. The molecule has 0 amide bonds. The summed E-state index contributed by atoms with van der Waals surface area (Å²) in [5, 5.41) is 3.99. The van der Waals surface area contributed by atoms with Crippen LogP contribution >= 0.6 is 0 Å². The zero-order chi connectivity index (χ0) is 17.3. The quantitative estimate of drug-likeness (QED) is 0.720. The molecular weight excluding hydrogens is 300 g/mol. The van der Waals surface area contributed by atoms with Crippen LogP contribution in [-0.4, -0.2) is 9.72 Å². The molecule has 4 heteroatoms. The van der Waals surface area contributed by atoms with Crippen molar-refractivity contribution >= 4 is 0 Å². The lowest BCUT2D eigenvalue weighted by molar-refractivity contribution is 0.393. The molecule has 124 valence electrons. The highest BCUT2D eigenvalue weighted by atomic mass is 16.5. The molecule has 0 aliphatic carbocycles. The Balaban J connectivity index is 1.94. The smallest absolute Gasteiger partial charge is 0.250 e. The molecule has 0 saturated heterocycles. The predicted molar refractivity (Wildman–Crippen MR) is 95.3 cm³/mol. The van der Waals surface area contributed by atoms with Gasteiger partial charge in [-0.1, -0.05) is 43.3 Å². The van der Waals surface area contributed by atoms with E-state index in [9.17, 15) is 4.79 Å². The summed E-state index contributed by atoms with van der Waals surface area (Å²) in [5.41, 5.74) is 5.13. The van der Waals surface area contributed by atoms with Gasteiger partial charge in [-0.25, -0.2) is 0 Å². The second-order valence-corrected chi connectivity index (χ2v) is 6.48. The minimum Gasteiger partial charge on any atom is -0.361 e. The fourth-order valence-corrected chi connectivity index (χ4v) is 2.90. The number of hydrogen-bond acceptors (Lipinski definition) is 3. The molecule has 2 aromatic heterocycles. The summed E-state index contributed by atoms with van der Waals surface area (Å²) in [4.78, 5) is 12.2. The maximum absolute atomic E-state index is 12.2. The first-order valence-electron chi connectivity index (χ1n) is 8.18. The van der Waals surface area contributed by atoms with E-state index in [0.717, 1.165) is 28.1 Å². The molecule has 0 saturated carbocycles. The molecular formula is C20H22N2O2. The van der Waals surface area contributed by atoms with Crippen molar-refractivity contribution in [1.82, 2.24) is 9.72 Å². The van der Waals surface area contributed by atoms with Crippen LogP contribution in [0.3, 0.4) is 0 Å². The summed E-state index contributed by atoms with van der Waals surface area (Å²) in [7, 11) is 0. The van der Waals surface area contributed by atoms with Crippen LogP contribution in [0, 0.1) is 13.8 Å². The molecule has 2 heterocycles. The van der Waals surface area contributed by atoms with Gasteiger partial charge in [-0.05, 0) is 37.0 Å². The minimum atomic E-state index is -0.0153. The van der Waals surface area contributed by atoms with Crippen molar-refractivity contribution in [2.45, 2.75) is 40.2 Å². The Bertz CT molecular complexity index is 883. The van der Waals surface area contributed by atoms with E-state index in [4.69, 9.17) is 4.52 Å². The average Bonchev–Trinajstić information content (AvgIpc) is 2.89. The molecule has 0 spiro atoms. The van der Waals surface area contributed by atoms with Gasteiger partial charge in [-0.15, -0.1) is 0 Å².